The zero-order valence-electron chi connectivity index (χ0n) is 13.2. The minimum atomic E-state index is -0.810. The molecule has 0 atom stereocenters. The molecule has 0 saturated carbocycles. The van der Waals surface area contributed by atoms with Gasteiger partial charge in [0.05, 0.1) is 6.61 Å². The third-order valence-electron chi connectivity index (χ3n) is 2.90. The van der Waals surface area contributed by atoms with E-state index in [0.29, 0.717) is 12.0 Å². The molecule has 0 aliphatic carbocycles. The molecule has 0 unspecified atom stereocenters. The second-order valence-electron chi connectivity index (χ2n) is 5.13. The zero-order chi connectivity index (χ0) is 15.9. The lowest BCUT2D eigenvalue weighted by molar-refractivity contribution is -0.132. The van der Waals surface area contributed by atoms with Gasteiger partial charge in [-0.15, -0.1) is 0 Å². The molecule has 0 aliphatic heterocycles. The summed E-state index contributed by atoms with van der Waals surface area (Å²) in [7, 11) is 0. The number of unbranched alkanes of at least 4 members (excludes halogenated alkanes) is 2. The molecule has 0 bridgehead atoms. The van der Waals surface area contributed by atoms with Gasteiger partial charge in [0, 0.05) is 5.57 Å². The molecular weight excluding hydrogens is 264 g/mol. The fourth-order valence-electron chi connectivity index (χ4n) is 1.79. The van der Waals surface area contributed by atoms with E-state index in [1.165, 1.54) is 5.57 Å². The van der Waals surface area contributed by atoms with E-state index in [2.05, 4.69) is 18.2 Å². The van der Waals surface area contributed by atoms with E-state index in [9.17, 15) is 4.79 Å². The minimum Gasteiger partial charge on any atom is -0.478 e. The molecule has 0 spiro atoms. The van der Waals surface area contributed by atoms with Crippen molar-refractivity contribution >= 4 is 5.97 Å². The summed E-state index contributed by atoms with van der Waals surface area (Å²) in [5, 5.41) is 17.7. The van der Waals surface area contributed by atoms with Crippen molar-refractivity contribution in [2.45, 2.75) is 52.4 Å². The van der Waals surface area contributed by atoms with Crippen molar-refractivity contribution in [3.63, 3.8) is 0 Å². The van der Waals surface area contributed by atoms with E-state index in [0.717, 1.165) is 32.1 Å². The molecule has 0 aromatic rings. The van der Waals surface area contributed by atoms with Crippen molar-refractivity contribution < 1.29 is 15.0 Å². The predicted molar refractivity (Wildman–Crippen MR) is 88.2 cm³/mol. The number of carboxylic acids is 1. The van der Waals surface area contributed by atoms with Gasteiger partial charge in [-0.05, 0) is 52.4 Å². The Morgan fingerprint density at radius 2 is 1.43 bits per heavy atom. The number of allylic oxidation sites excluding steroid dienone is 6. The summed E-state index contributed by atoms with van der Waals surface area (Å²) in [4.78, 5) is 11.1. The molecule has 0 rings (SSSR count). The maximum atomic E-state index is 11.1. The number of aliphatic carboxylic acids is 1. The van der Waals surface area contributed by atoms with Crippen molar-refractivity contribution in [1.29, 1.82) is 0 Å². The Kier molecular flexibility index (Phi) is 12.4. The van der Waals surface area contributed by atoms with Crippen molar-refractivity contribution in [2.75, 3.05) is 6.61 Å². The minimum absolute atomic E-state index is 0.0964. The van der Waals surface area contributed by atoms with E-state index in [1.807, 2.05) is 26.0 Å². The summed E-state index contributed by atoms with van der Waals surface area (Å²) in [5.41, 5.74) is 1.73. The maximum absolute atomic E-state index is 11.1. The van der Waals surface area contributed by atoms with Crippen LogP contribution in [0.15, 0.2) is 47.6 Å². The van der Waals surface area contributed by atoms with Crippen LogP contribution in [0, 0.1) is 0 Å². The van der Waals surface area contributed by atoms with Crippen molar-refractivity contribution in [3.8, 4) is 0 Å². The lowest BCUT2D eigenvalue weighted by Crippen LogP contribution is -2.00. The van der Waals surface area contributed by atoms with Gasteiger partial charge >= 0.3 is 5.97 Å². The van der Waals surface area contributed by atoms with E-state index < -0.39 is 5.97 Å². The highest BCUT2D eigenvalue weighted by Gasteiger charge is 2.04. The van der Waals surface area contributed by atoms with Gasteiger partial charge < -0.3 is 10.2 Å². The molecule has 3 heteroatoms. The molecule has 0 radical (unpaired) electrons. The van der Waals surface area contributed by atoms with Crippen LogP contribution >= 0.6 is 0 Å². The Bertz CT molecular complexity index is 397. The van der Waals surface area contributed by atoms with E-state index in [1.54, 1.807) is 6.08 Å². The highest BCUT2D eigenvalue weighted by atomic mass is 16.4. The Morgan fingerprint density at radius 1 is 0.857 bits per heavy atom. The van der Waals surface area contributed by atoms with Crippen molar-refractivity contribution in [3.05, 3.63) is 47.6 Å². The highest BCUT2D eigenvalue weighted by molar-refractivity contribution is 5.86. The SMILES string of the molecule is CC(C)=CCC/C(=C\CC/C=C/CC/C=C/CO)C(=O)O. The van der Waals surface area contributed by atoms with Gasteiger partial charge in [0.25, 0.3) is 0 Å². The summed E-state index contributed by atoms with van der Waals surface area (Å²) in [6.45, 7) is 4.13. The molecule has 0 heterocycles. The fraction of sp³-hybridized carbons (Fsp3) is 0.500. The molecule has 2 N–H and O–H groups in total. The van der Waals surface area contributed by atoms with Crippen LogP contribution in [0.5, 0.6) is 0 Å². The fourth-order valence-corrected chi connectivity index (χ4v) is 1.79. The smallest absolute Gasteiger partial charge is 0.331 e. The first kappa shape index (κ1) is 19.4. The normalized spacial score (nSPS) is 12.2. The maximum Gasteiger partial charge on any atom is 0.331 e. The summed E-state index contributed by atoms with van der Waals surface area (Å²) in [6.07, 6.45) is 16.7. The third kappa shape index (κ3) is 13.1. The average Bonchev–Trinajstić information content (AvgIpc) is 2.43. The average molecular weight is 292 g/mol. The third-order valence-corrected chi connectivity index (χ3v) is 2.90. The molecule has 0 fully saturated rings. The Morgan fingerprint density at radius 3 is 1.95 bits per heavy atom. The molecular formula is C18H28O3. The lowest BCUT2D eigenvalue weighted by atomic mass is 10.1. The Balaban J connectivity index is 3.99. The summed E-state index contributed by atoms with van der Waals surface area (Å²) < 4.78 is 0. The van der Waals surface area contributed by atoms with Crippen LogP contribution in [-0.2, 0) is 4.79 Å². The first-order chi connectivity index (χ1) is 10.1. The van der Waals surface area contributed by atoms with Crippen LogP contribution in [0.25, 0.3) is 0 Å². The molecule has 0 aromatic heterocycles. The second-order valence-corrected chi connectivity index (χ2v) is 5.13. The zero-order valence-corrected chi connectivity index (χ0v) is 13.2. The van der Waals surface area contributed by atoms with Crippen molar-refractivity contribution in [1.82, 2.24) is 0 Å². The summed E-state index contributed by atoms with van der Waals surface area (Å²) >= 11 is 0. The number of rotatable bonds is 11. The number of hydrogen-bond acceptors (Lipinski definition) is 2. The first-order valence-electron chi connectivity index (χ1n) is 7.54. The number of hydrogen-bond donors (Lipinski definition) is 2. The van der Waals surface area contributed by atoms with Gasteiger partial charge in [-0.1, -0.05) is 42.0 Å². The largest absolute Gasteiger partial charge is 0.478 e. The number of aliphatic hydroxyl groups excluding tert-OH is 1. The molecule has 0 aliphatic rings. The van der Waals surface area contributed by atoms with Gasteiger partial charge in [-0.2, -0.15) is 0 Å². The quantitative estimate of drug-likeness (QED) is 0.337. The molecule has 0 saturated heterocycles. The van der Waals surface area contributed by atoms with Gasteiger partial charge in [0.2, 0.25) is 0 Å². The lowest BCUT2D eigenvalue weighted by Gasteiger charge is -2.00. The van der Waals surface area contributed by atoms with E-state index in [-0.39, 0.29) is 6.61 Å². The molecule has 3 nitrogen and oxygen atoms in total. The van der Waals surface area contributed by atoms with Crippen molar-refractivity contribution in [2.24, 2.45) is 0 Å². The summed E-state index contributed by atoms with van der Waals surface area (Å²) in [5.74, 6) is -0.810. The van der Waals surface area contributed by atoms with Gasteiger partial charge in [-0.25, -0.2) is 4.79 Å². The van der Waals surface area contributed by atoms with Crippen LogP contribution in [0.3, 0.4) is 0 Å². The van der Waals surface area contributed by atoms with Crippen LogP contribution in [0.2, 0.25) is 0 Å². The van der Waals surface area contributed by atoms with Crippen LogP contribution in [0.4, 0.5) is 0 Å². The number of carbonyl (C=O) groups is 1. The monoisotopic (exact) mass is 292 g/mol. The molecule has 0 aromatic carbocycles. The highest BCUT2D eigenvalue weighted by Crippen LogP contribution is 2.10. The molecule has 118 valence electrons. The second kappa shape index (κ2) is 13.4. The van der Waals surface area contributed by atoms with Crippen LogP contribution < -0.4 is 0 Å². The standard InChI is InChI=1S/C18H28O3/c1-16(2)12-11-14-17(18(20)21)13-9-7-5-3-4-6-8-10-15-19/h3,5,8,10,12-13,19H,4,6-7,9,11,14-15H2,1-2H3,(H,20,21)/b5-3+,10-8+,17-13+. The topological polar surface area (TPSA) is 57.5 Å². The van der Waals surface area contributed by atoms with Crippen LogP contribution in [-0.4, -0.2) is 22.8 Å². The first-order valence-corrected chi connectivity index (χ1v) is 7.54. The summed E-state index contributed by atoms with van der Waals surface area (Å²) in [6, 6.07) is 0. The Hall–Kier alpha value is -1.61. The van der Waals surface area contributed by atoms with Gasteiger partial charge in [-0.3, -0.25) is 0 Å². The molecule has 21 heavy (non-hydrogen) atoms. The van der Waals surface area contributed by atoms with E-state index >= 15 is 0 Å². The number of aliphatic hydroxyl groups is 1. The predicted octanol–water partition coefficient (Wildman–Crippen LogP) is 4.41. The van der Waals surface area contributed by atoms with Gasteiger partial charge in [0.15, 0.2) is 0 Å². The van der Waals surface area contributed by atoms with Gasteiger partial charge in [0.1, 0.15) is 0 Å². The van der Waals surface area contributed by atoms with Crippen LogP contribution in [0.1, 0.15) is 52.4 Å². The van der Waals surface area contributed by atoms with E-state index in [4.69, 9.17) is 10.2 Å². The Labute approximate surface area is 128 Å². The number of carboxylic acid groups (broad SMARTS) is 1. The molecule has 0 amide bonds.